The van der Waals surface area contributed by atoms with Crippen LogP contribution in [0.5, 0.6) is 0 Å². The zero-order chi connectivity index (χ0) is 24.9. The summed E-state index contributed by atoms with van der Waals surface area (Å²) in [4.78, 5) is 0. The summed E-state index contributed by atoms with van der Waals surface area (Å²) >= 11 is 0. The van der Waals surface area contributed by atoms with Gasteiger partial charge in [0.15, 0.2) is 0 Å². The number of rotatable bonds is 9. The highest BCUT2D eigenvalue weighted by molar-refractivity contribution is 5.91. The molecule has 0 radical (unpaired) electrons. The zero-order valence-electron chi connectivity index (χ0n) is 24.0. The normalized spacial score (nSPS) is 23.5. The van der Waals surface area contributed by atoms with Crippen LogP contribution in [-0.2, 0) is 12.8 Å². The first-order chi connectivity index (χ1) is 16.8. The third kappa shape index (κ3) is 6.93. The monoisotopic (exact) mass is 474 g/mol. The van der Waals surface area contributed by atoms with Crippen LogP contribution in [0.2, 0.25) is 0 Å². The first-order valence-electron chi connectivity index (χ1n) is 15.3. The van der Waals surface area contributed by atoms with Gasteiger partial charge in [0, 0.05) is 0 Å². The SMILES string of the molecule is Cc1c(CC(C)CCC(C)CC2CCC(C)CC2)cc2ccc(CC3CCCCC3)c(C)c2c1C. The van der Waals surface area contributed by atoms with E-state index in [0.29, 0.717) is 0 Å². The van der Waals surface area contributed by atoms with Crippen molar-refractivity contribution in [3.05, 3.63) is 46.0 Å². The largest absolute Gasteiger partial charge is 0.0625 e. The fourth-order valence-electron chi connectivity index (χ4n) is 7.55. The highest BCUT2D eigenvalue weighted by Gasteiger charge is 2.21. The molecule has 0 bridgehead atoms. The fraction of sp³-hybridized carbons (Fsp3) is 0.714. The molecule has 0 heterocycles. The van der Waals surface area contributed by atoms with Crippen LogP contribution in [0.4, 0.5) is 0 Å². The van der Waals surface area contributed by atoms with Gasteiger partial charge in [0.2, 0.25) is 0 Å². The molecule has 4 rings (SSSR count). The van der Waals surface area contributed by atoms with Crippen LogP contribution < -0.4 is 0 Å². The Kier molecular flexibility index (Phi) is 9.40. The van der Waals surface area contributed by atoms with E-state index in [1.807, 2.05) is 0 Å². The van der Waals surface area contributed by atoms with E-state index >= 15 is 0 Å². The number of benzene rings is 2. The molecule has 2 saturated carbocycles. The lowest BCUT2D eigenvalue weighted by Gasteiger charge is -2.28. The molecule has 2 unspecified atom stereocenters. The van der Waals surface area contributed by atoms with Crippen molar-refractivity contribution in [2.75, 3.05) is 0 Å². The molecule has 2 atom stereocenters. The quantitative estimate of drug-likeness (QED) is 0.339. The average molecular weight is 475 g/mol. The van der Waals surface area contributed by atoms with Gasteiger partial charge < -0.3 is 0 Å². The molecule has 0 aromatic heterocycles. The second kappa shape index (κ2) is 12.3. The van der Waals surface area contributed by atoms with Gasteiger partial charge in [-0.3, -0.25) is 0 Å². The van der Waals surface area contributed by atoms with Crippen molar-refractivity contribution in [1.82, 2.24) is 0 Å². The topological polar surface area (TPSA) is 0 Å². The molecular weight excluding hydrogens is 420 g/mol. The maximum absolute atomic E-state index is 2.54. The van der Waals surface area contributed by atoms with Crippen molar-refractivity contribution >= 4 is 10.8 Å². The van der Waals surface area contributed by atoms with Gasteiger partial charge in [-0.15, -0.1) is 0 Å². The van der Waals surface area contributed by atoms with E-state index in [9.17, 15) is 0 Å². The summed E-state index contributed by atoms with van der Waals surface area (Å²) in [6.07, 6.45) is 19.9. The lowest BCUT2D eigenvalue weighted by Crippen LogP contribution is -2.15. The zero-order valence-corrected chi connectivity index (χ0v) is 24.0. The molecule has 0 amide bonds. The second-order valence-corrected chi connectivity index (χ2v) is 13.3. The Morgan fingerprint density at radius 3 is 2.11 bits per heavy atom. The van der Waals surface area contributed by atoms with Gasteiger partial charge in [-0.2, -0.15) is 0 Å². The molecule has 35 heavy (non-hydrogen) atoms. The number of aryl methyl sites for hydroxylation is 2. The molecule has 194 valence electrons. The minimum absolute atomic E-state index is 0.769. The summed E-state index contributed by atoms with van der Waals surface area (Å²) in [5, 5.41) is 3.02. The summed E-state index contributed by atoms with van der Waals surface area (Å²) in [5.74, 6) is 4.55. The van der Waals surface area contributed by atoms with Gasteiger partial charge in [-0.05, 0) is 108 Å². The smallest absolute Gasteiger partial charge is 0.0120 e. The van der Waals surface area contributed by atoms with Crippen LogP contribution in [0.3, 0.4) is 0 Å². The van der Waals surface area contributed by atoms with E-state index < -0.39 is 0 Å². The van der Waals surface area contributed by atoms with Crippen LogP contribution in [0.1, 0.15) is 126 Å². The maximum atomic E-state index is 2.54. The molecule has 0 N–H and O–H groups in total. The Balaban J connectivity index is 1.38. The third-order valence-corrected chi connectivity index (χ3v) is 10.2. The van der Waals surface area contributed by atoms with Gasteiger partial charge in [0.05, 0.1) is 0 Å². The van der Waals surface area contributed by atoms with Crippen molar-refractivity contribution in [3.63, 3.8) is 0 Å². The van der Waals surface area contributed by atoms with Crippen LogP contribution >= 0.6 is 0 Å². The molecular formula is C35H54. The molecule has 0 nitrogen and oxygen atoms in total. The van der Waals surface area contributed by atoms with Gasteiger partial charge in [0.1, 0.15) is 0 Å². The molecule has 0 heteroatoms. The summed E-state index contributed by atoms with van der Waals surface area (Å²) < 4.78 is 0. The Morgan fingerprint density at radius 2 is 1.40 bits per heavy atom. The highest BCUT2D eigenvalue weighted by atomic mass is 14.3. The Morgan fingerprint density at radius 1 is 0.714 bits per heavy atom. The first kappa shape index (κ1) is 26.8. The number of hydrogen-bond acceptors (Lipinski definition) is 0. The lowest BCUT2D eigenvalue weighted by atomic mass is 9.78. The fourth-order valence-corrected chi connectivity index (χ4v) is 7.55. The Labute approximate surface area is 217 Å². The predicted molar refractivity (Wildman–Crippen MR) is 155 cm³/mol. The molecule has 0 saturated heterocycles. The summed E-state index contributed by atoms with van der Waals surface area (Å²) in [7, 11) is 0. The Bertz CT molecular complexity index is 952. The second-order valence-electron chi connectivity index (χ2n) is 13.3. The lowest BCUT2D eigenvalue weighted by molar-refractivity contribution is 0.242. The maximum Gasteiger partial charge on any atom is -0.0120 e. The molecule has 2 fully saturated rings. The van der Waals surface area contributed by atoms with E-state index in [0.717, 1.165) is 29.6 Å². The molecule has 2 aromatic rings. The highest BCUT2D eigenvalue weighted by Crippen LogP contribution is 2.36. The summed E-state index contributed by atoms with van der Waals surface area (Å²) in [6, 6.07) is 7.44. The van der Waals surface area contributed by atoms with E-state index in [-0.39, 0.29) is 0 Å². The minimum Gasteiger partial charge on any atom is -0.0625 e. The van der Waals surface area contributed by atoms with Crippen LogP contribution in [0.15, 0.2) is 18.2 Å². The van der Waals surface area contributed by atoms with Crippen molar-refractivity contribution in [1.29, 1.82) is 0 Å². The molecule has 2 aliphatic carbocycles. The molecule has 0 spiro atoms. The van der Waals surface area contributed by atoms with Crippen molar-refractivity contribution in [3.8, 4) is 0 Å². The van der Waals surface area contributed by atoms with Gasteiger partial charge in [0.25, 0.3) is 0 Å². The van der Waals surface area contributed by atoms with E-state index in [2.05, 4.69) is 59.7 Å². The minimum atomic E-state index is 0.769. The third-order valence-electron chi connectivity index (χ3n) is 10.2. The van der Waals surface area contributed by atoms with Crippen molar-refractivity contribution in [2.45, 2.75) is 131 Å². The van der Waals surface area contributed by atoms with Crippen molar-refractivity contribution < 1.29 is 0 Å². The molecule has 2 aliphatic rings. The molecule has 2 aromatic carbocycles. The van der Waals surface area contributed by atoms with Gasteiger partial charge in [-0.1, -0.05) is 110 Å². The van der Waals surface area contributed by atoms with E-state index in [1.165, 1.54) is 101 Å². The van der Waals surface area contributed by atoms with E-state index in [1.54, 1.807) is 27.6 Å². The van der Waals surface area contributed by atoms with Crippen LogP contribution in [0.25, 0.3) is 10.8 Å². The van der Waals surface area contributed by atoms with Crippen LogP contribution in [-0.4, -0.2) is 0 Å². The summed E-state index contributed by atoms with van der Waals surface area (Å²) in [6.45, 7) is 14.6. The van der Waals surface area contributed by atoms with Gasteiger partial charge >= 0.3 is 0 Å². The van der Waals surface area contributed by atoms with Crippen LogP contribution in [0, 0.1) is 50.4 Å². The standard InChI is InChI=1S/C35H54/c1-24-14-16-31(17-15-24)20-25(2)12-13-26(3)21-34-23-33-19-18-32(22-30-10-8-7-9-11-30)29(6)35(33)28(5)27(34)4/h18-19,23-26,30-31H,7-17,20-22H2,1-6H3. The number of fused-ring (bicyclic) bond motifs is 1. The number of hydrogen-bond donors (Lipinski definition) is 0. The van der Waals surface area contributed by atoms with E-state index in [4.69, 9.17) is 0 Å². The first-order valence-corrected chi connectivity index (χ1v) is 15.3. The van der Waals surface area contributed by atoms with Crippen molar-refractivity contribution in [2.24, 2.45) is 29.6 Å². The predicted octanol–water partition coefficient (Wildman–Crippen LogP) is 10.7. The Hall–Kier alpha value is -1.30. The molecule has 0 aliphatic heterocycles. The van der Waals surface area contributed by atoms with Gasteiger partial charge in [-0.25, -0.2) is 0 Å². The average Bonchev–Trinajstić information content (AvgIpc) is 2.85. The summed E-state index contributed by atoms with van der Waals surface area (Å²) in [5.41, 5.74) is 7.84.